The maximum absolute atomic E-state index is 5.27. The topological polar surface area (TPSA) is 39.1 Å². The van der Waals surface area contributed by atoms with Gasteiger partial charge in [0.25, 0.3) is 0 Å². The van der Waals surface area contributed by atoms with Gasteiger partial charge in [0.05, 0.1) is 19.3 Å². The molecule has 0 saturated carbocycles. The molecule has 0 aliphatic rings. The van der Waals surface area contributed by atoms with Crippen molar-refractivity contribution in [2.45, 2.75) is 39.9 Å². The third-order valence-corrected chi connectivity index (χ3v) is 2.07. The summed E-state index contributed by atoms with van der Waals surface area (Å²) in [4.78, 5) is 0. The largest absolute Gasteiger partial charge is 0.380 e. The van der Waals surface area contributed by atoms with Crippen LogP contribution in [-0.2, 0) is 17.8 Å². The van der Waals surface area contributed by atoms with Crippen molar-refractivity contribution in [1.29, 1.82) is 0 Å². The van der Waals surface area contributed by atoms with Crippen LogP contribution in [0.4, 0.5) is 0 Å². The van der Waals surface area contributed by atoms with Gasteiger partial charge in [0.15, 0.2) is 0 Å². The minimum Gasteiger partial charge on any atom is -0.380 e. The van der Waals surface area contributed by atoms with Crippen LogP contribution in [0.2, 0.25) is 0 Å². The van der Waals surface area contributed by atoms with Gasteiger partial charge in [-0.3, -0.25) is 4.68 Å². The van der Waals surface area contributed by atoms with Crippen molar-refractivity contribution in [3.8, 4) is 0 Å². The highest BCUT2D eigenvalue weighted by molar-refractivity contribution is 5.03. The SMILES string of the molecule is CCOCCn1cc(CNC(C)C)cn1. The number of aromatic nitrogens is 2. The predicted octanol–water partition coefficient (Wildman–Crippen LogP) is 1.42. The van der Waals surface area contributed by atoms with Crippen LogP contribution in [-0.4, -0.2) is 29.0 Å². The summed E-state index contributed by atoms with van der Waals surface area (Å²) in [5.41, 5.74) is 1.22. The molecule has 0 fully saturated rings. The Labute approximate surface area is 91.6 Å². The minimum absolute atomic E-state index is 0.511. The van der Waals surface area contributed by atoms with Crippen LogP contribution < -0.4 is 5.32 Å². The third kappa shape index (κ3) is 4.95. The first-order valence-electron chi connectivity index (χ1n) is 5.54. The highest BCUT2D eigenvalue weighted by Crippen LogP contribution is 1.98. The lowest BCUT2D eigenvalue weighted by Crippen LogP contribution is -2.21. The lowest BCUT2D eigenvalue weighted by atomic mass is 10.3. The van der Waals surface area contributed by atoms with Crippen molar-refractivity contribution in [3.63, 3.8) is 0 Å². The molecule has 0 aliphatic heterocycles. The standard InChI is InChI=1S/C11H21N3O/c1-4-15-6-5-14-9-11(8-13-14)7-12-10(2)3/h8-10,12H,4-7H2,1-3H3. The fourth-order valence-electron chi connectivity index (χ4n) is 1.24. The number of rotatable bonds is 7. The van der Waals surface area contributed by atoms with E-state index in [1.807, 2.05) is 17.8 Å². The summed E-state index contributed by atoms with van der Waals surface area (Å²) < 4.78 is 7.19. The molecule has 0 bridgehead atoms. The molecule has 4 heteroatoms. The Bertz CT molecular complexity index is 271. The van der Waals surface area contributed by atoms with E-state index in [-0.39, 0.29) is 0 Å². The fourth-order valence-corrected chi connectivity index (χ4v) is 1.24. The van der Waals surface area contributed by atoms with Gasteiger partial charge < -0.3 is 10.1 Å². The number of nitrogens with zero attached hydrogens (tertiary/aromatic N) is 2. The molecule has 0 aliphatic carbocycles. The first-order valence-corrected chi connectivity index (χ1v) is 5.54. The van der Waals surface area contributed by atoms with Gasteiger partial charge in [0.1, 0.15) is 0 Å². The zero-order valence-electron chi connectivity index (χ0n) is 9.86. The molecule has 0 amide bonds. The molecule has 1 aromatic rings. The average molecular weight is 211 g/mol. The maximum atomic E-state index is 5.27. The van der Waals surface area contributed by atoms with E-state index in [0.29, 0.717) is 6.04 Å². The first-order chi connectivity index (χ1) is 7.22. The zero-order chi connectivity index (χ0) is 11.1. The van der Waals surface area contributed by atoms with Crippen molar-refractivity contribution >= 4 is 0 Å². The van der Waals surface area contributed by atoms with Crippen LogP contribution in [0.1, 0.15) is 26.3 Å². The van der Waals surface area contributed by atoms with E-state index < -0.39 is 0 Å². The van der Waals surface area contributed by atoms with E-state index in [2.05, 4.69) is 30.5 Å². The van der Waals surface area contributed by atoms with Crippen LogP contribution in [0.25, 0.3) is 0 Å². The fraction of sp³-hybridized carbons (Fsp3) is 0.727. The van der Waals surface area contributed by atoms with Crippen LogP contribution in [0, 0.1) is 0 Å². The Morgan fingerprint density at radius 2 is 2.33 bits per heavy atom. The van der Waals surface area contributed by atoms with E-state index in [0.717, 1.165) is 26.3 Å². The second kappa shape index (κ2) is 6.58. The second-order valence-corrected chi connectivity index (χ2v) is 3.84. The Balaban J connectivity index is 2.29. The molecule has 86 valence electrons. The van der Waals surface area contributed by atoms with Gasteiger partial charge in [0, 0.05) is 31.0 Å². The van der Waals surface area contributed by atoms with Crippen LogP contribution in [0.15, 0.2) is 12.4 Å². The molecule has 0 atom stereocenters. The Kier molecular flexibility index (Phi) is 5.36. The molecule has 0 aromatic carbocycles. The van der Waals surface area contributed by atoms with Crippen molar-refractivity contribution in [1.82, 2.24) is 15.1 Å². The molecule has 0 unspecified atom stereocenters. The smallest absolute Gasteiger partial charge is 0.0662 e. The summed E-state index contributed by atoms with van der Waals surface area (Å²) in [7, 11) is 0. The van der Waals surface area contributed by atoms with Crippen molar-refractivity contribution in [2.24, 2.45) is 0 Å². The molecule has 1 rings (SSSR count). The molecule has 0 saturated heterocycles. The van der Waals surface area contributed by atoms with E-state index in [9.17, 15) is 0 Å². The van der Waals surface area contributed by atoms with Crippen LogP contribution in [0.5, 0.6) is 0 Å². The van der Waals surface area contributed by atoms with E-state index in [4.69, 9.17) is 4.74 Å². The summed E-state index contributed by atoms with van der Waals surface area (Å²) >= 11 is 0. The van der Waals surface area contributed by atoms with Gasteiger partial charge in [-0.2, -0.15) is 5.10 Å². The molecule has 4 nitrogen and oxygen atoms in total. The van der Waals surface area contributed by atoms with Crippen molar-refractivity contribution < 1.29 is 4.74 Å². The van der Waals surface area contributed by atoms with Gasteiger partial charge in [-0.1, -0.05) is 13.8 Å². The summed E-state index contributed by atoms with van der Waals surface area (Å²) in [6.45, 7) is 9.49. The zero-order valence-corrected chi connectivity index (χ0v) is 9.86. The summed E-state index contributed by atoms with van der Waals surface area (Å²) in [5.74, 6) is 0. The molecule has 1 N–H and O–H groups in total. The van der Waals surface area contributed by atoms with E-state index in [1.54, 1.807) is 0 Å². The van der Waals surface area contributed by atoms with Gasteiger partial charge in [0.2, 0.25) is 0 Å². The van der Waals surface area contributed by atoms with Crippen molar-refractivity contribution in [3.05, 3.63) is 18.0 Å². The van der Waals surface area contributed by atoms with Crippen LogP contribution >= 0.6 is 0 Å². The lowest BCUT2D eigenvalue weighted by molar-refractivity contribution is 0.136. The normalized spacial score (nSPS) is 11.2. The van der Waals surface area contributed by atoms with Gasteiger partial charge in [-0.05, 0) is 6.92 Å². The van der Waals surface area contributed by atoms with Gasteiger partial charge in [-0.25, -0.2) is 0 Å². The second-order valence-electron chi connectivity index (χ2n) is 3.84. The number of nitrogens with one attached hydrogen (secondary N) is 1. The van der Waals surface area contributed by atoms with Crippen molar-refractivity contribution in [2.75, 3.05) is 13.2 Å². The minimum atomic E-state index is 0.511. The molecule has 1 aromatic heterocycles. The number of ether oxygens (including phenoxy) is 1. The molecule has 0 spiro atoms. The maximum Gasteiger partial charge on any atom is 0.0662 e. The first kappa shape index (κ1) is 12.2. The highest BCUT2D eigenvalue weighted by atomic mass is 16.5. The number of hydrogen-bond donors (Lipinski definition) is 1. The van der Waals surface area contributed by atoms with Crippen LogP contribution in [0.3, 0.4) is 0 Å². The molecule has 0 radical (unpaired) electrons. The lowest BCUT2D eigenvalue weighted by Gasteiger charge is -2.05. The van der Waals surface area contributed by atoms with E-state index in [1.165, 1.54) is 5.56 Å². The van der Waals surface area contributed by atoms with Gasteiger partial charge in [-0.15, -0.1) is 0 Å². The number of hydrogen-bond acceptors (Lipinski definition) is 3. The highest BCUT2D eigenvalue weighted by Gasteiger charge is 1.99. The Morgan fingerprint density at radius 1 is 1.53 bits per heavy atom. The van der Waals surface area contributed by atoms with E-state index >= 15 is 0 Å². The quantitative estimate of drug-likeness (QED) is 0.693. The molecule has 15 heavy (non-hydrogen) atoms. The summed E-state index contributed by atoms with van der Waals surface area (Å²) in [5, 5.41) is 7.62. The third-order valence-electron chi connectivity index (χ3n) is 2.07. The molecular formula is C11H21N3O. The summed E-state index contributed by atoms with van der Waals surface area (Å²) in [6, 6.07) is 0.511. The Hall–Kier alpha value is -0.870. The summed E-state index contributed by atoms with van der Waals surface area (Å²) in [6.07, 6.45) is 3.97. The monoisotopic (exact) mass is 211 g/mol. The Morgan fingerprint density at radius 3 is 3.00 bits per heavy atom. The average Bonchev–Trinajstić information content (AvgIpc) is 2.63. The van der Waals surface area contributed by atoms with Gasteiger partial charge >= 0.3 is 0 Å². The predicted molar refractivity (Wildman–Crippen MR) is 60.7 cm³/mol. The molecular weight excluding hydrogens is 190 g/mol. The molecule has 1 heterocycles.